The molecule has 3 rings (SSSR count). The van der Waals surface area contributed by atoms with E-state index < -0.39 is 17.7 Å². The van der Waals surface area contributed by atoms with Crippen LogP contribution in [0, 0.1) is 17.1 Å². The fraction of sp³-hybridized carbons (Fsp3) is 0.286. The number of amides is 1. The second kappa shape index (κ2) is 8.81. The van der Waals surface area contributed by atoms with E-state index in [4.69, 9.17) is 4.74 Å². The number of ether oxygens (including phenoxy) is 1. The molecule has 2 aromatic rings. The first-order valence-electron chi connectivity index (χ1n) is 9.03. The van der Waals surface area contributed by atoms with Gasteiger partial charge in [-0.05, 0) is 61.9 Å². The van der Waals surface area contributed by atoms with Crippen molar-refractivity contribution in [1.82, 2.24) is 0 Å². The van der Waals surface area contributed by atoms with Crippen molar-refractivity contribution in [3.05, 3.63) is 57.2 Å². The molecule has 0 bridgehead atoms. The van der Waals surface area contributed by atoms with Crippen LogP contribution in [-0.4, -0.2) is 18.5 Å². The molecule has 1 aromatic heterocycles. The molecule has 0 aliphatic heterocycles. The number of thiophene rings is 1. The highest BCUT2D eigenvalue weighted by molar-refractivity contribution is 7.17. The number of rotatable bonds is 5. The highest BCUT2D eigenvalue weighted by Gasteiger charge is 2.27. The fourth-order valence-corrected chi connectivity index (χ4v) is 4.39. The monoisotopic (exact) mass is 398 g/mol. The summed E-state index contributed by atoms with van der Waals surface area (Å²) in [4.78, 5) is 26.2. The zero-order chi connectivity index (χ0) is 20.1. The molecule has 144 valence electrons. The standard InChI is InChI=1S/C21H19FN2O3S/c1-2-27-21(26)18-16-5-3-4-6-17(16)28-20(18)24-19(25)14(12-23)11-13-7-9-15(22)10-8-13/h7-11H,2-6H2,1H3,(H,24,25)/b14-11+. The van der Waals surface area contributed by atoms with Gasteiger partial charge in [-0.25, -0.2) is 9.18 Å². The Kier molecular flexibility index (Phi) is 6.22. The summed E-state index contributed by atoms with van der Waals surface area (Å²) in [6.45, 7) is 1.97. The van der Waals surface area contributed by atoms with Gasteiger partial charge < -0.3 is 10.1 Å². The van der Waals surface area contributed by atoms with Crippen LogP contribution in [0.2, 0.25) is 0 Å². The number of benzene rings is 1. The van der Waals surface area contributed by atoms with Gasteiger partial charge in [0.1, 0.15) is 22.5 Å². The van der Waals surface area contributed by atoms with Gasteiger partial charge in [0.2, 0.25) is 0 Å². The summed E-state index contributed by atoms with van der Waals surface area (Å²) in [6.07, 6.45) is 5.03. The van der Waals surface area contributed by atoms with Gasteiger partial charge in [-0.2, -0.15) is 5.26 Å². The van der Waals surface area contributed by atoms with Crippen LogP contribution in [-0.2, 0) is 22.4 Å². The largest absolute Gasteiger partial charge is 0.462 e. The lowest BCUT2D eigenvalue weighted by Gasteiger charge is -2.12. The quantitative estimate of drug-likeness (QED) is 0.457. The second-order valence-electron chi connectivity index (χ2n) is 6.31. The molecule has 0 radical (unpaired) electrons. The predicted octanol–water partition coefficient (Wildman–Crippen LogP) is 4.49. The van der Waals surface area contributed by atoms with Crippen molar-refractivity contribution in [2.24, 2.45) is 0 Å². The van der Waals surface area contributed by atoms with E-state index in [9.17, 15) is 19.2 Å². The highest BCUT2D eigenvalue weighted by atomic mass is 32.1. The number of esters is 1. The summed E-state index contributed by atoms with van der Waals surface area (Å²) in [5.74, 6) is -1.47. The van der Waals surface area contributed by atoms with Crippen molar-refractivity contribution in [2.75, 3.05) is 11.9 Å². The van der Waals surface area contributed by atoms with Crippen molar-refractivity contribution in [2.45, 2.75) is 32.6 Å². The summed E-state index contributed by atoms with van der Waals surface area (Å²) in [7, 11) is 0. The zero-order valence-corrected chi connectivity index (χ0v) is 16.2. The van der Waals surface area contributed by atoms with E-state index in [1.54, 1.807) is 6.92 Å². The van der Waals surface area contributed by atoms with Gasteiger partial charge in [-0.3, -0.25) is 4.79 Å². The van der Waals surface area contributed by atoms with Crippen LogP contribution in [0.4, 0.5) is 9.39 Å². The normalized spacial score (nSPS) is 13.4. The van der Waals surface area contributed by atoms with Gasteiger partial charge in [0.05, 0.1) is 12.2 Å². The van der Waals surface area contributed by atoms with Gasteiger partial charge >= 0.3 is 5.97 Å². The SMILES string of the molecule is CCOC(=O)c1c(NC(=O)/C(C#N)=C/c2ccc(F)cc2)sc2c1CCCC2. The molecule has 1 amide bonds. The number of halogens is 1. The Balaban J connectivity index is 1.90. The maximum absolute atomic E-state index is 13.0. The summed E-state index contributed by atoms with van der Waals surface area (Å²) in [6, 6.07) is 7.33. The second-order valence-corrected chi connectivity index (χ2v) is 7.42. The van der Waals surface area contributed by atoms with Crippen molar-refractivity contribution >= 4 is 34.3 Å². The van der Waals surface area contributed by atoms with E-state index >= 15 is 0 Å². The average Bonchev–Trinajstić information content (AvgIpc) is 3.05. The number of nitriles is 1. The lowest BCUT2D eigenvalue weighted by molar-refractivity contribution is -0.112. The molecule has 1 aliphatic rings. The topological polar surface area (TPSA) is 79.2 Å². The van der Waals surface area contributed by atoms with Gasteiger partial charge in [-0.1, -0.05) is 12.1 Å². The molecule has 0 unspecified atom stereocenters. The van der Waals surface area contributed by atoms with E-state index in [1.165, 1.54) is 41.7 Å². The van der Waals surface area contributed by atoms with Crippen LogP contribution >= 0.6 is 11.3 Å². The van der Waals surface area contributed by atoms with Gasteiger partial charge in [0, 0.05) is 4.88 Å². The maximum Gasteiger partial charge on any atom is 0.341 e. The Morgan fingerprint density at radius 2 is 2.00 bits per heavy atom. The van der Waals surface area contributed by atoms with E-state index in [2.05, 4.69) is 5.32 Å². The molecule has 0 fully saturated rings. The lowest BCUT2D eigenvalue weighted by Crippen LogP contribution is -2.16. The van der Waals surface area contributed by atoms with Crippen molar-refractivity contribution in [3.63, 3.8) is 0 Å². The number of nitrogens with one attached hydrogen (secondary N) is 1. The Morgan fingerprint density at radius 1 is 1.29 bits per heavy atom. The minimum Gasteiger partial charge on any atom is -0.462 e. The number of hydrogen-bond donors (Lipinski definition) is 1. The minimum atomic E-state index is -0.615. The third-order valence-corrected chi connectivity index (χ3v) is 5.63. The van der Waals surface area contributed by atoms with Crippen LogP contribution in [0.3, 0.4) is 0 Å². The molecule has 0 saturated heterocycles. The Bertz CT molecular complexity index is 971. The van der Waals surface area contributed by atoms with Crippen LogP contribution in [0.1, 0.15) is 46.1 Å². The molecule has 0 saturated carbocycles. The molecule has 0 atom stereocenters. The maximum atomic E-state index is 13.0. The highest BCUT2D eigenvalue weighted by Crippen LogP contribution is 2.38. The average molecular weight is 398 g/mol. The molecule has 1 N–H and O–H groups in total. The number of nitrogens with zero attached hydrogens (tertiary/aromatic N) is 1. The molecular weight excluding hydrogens is 379 g/mol. The molecule has 1 heterocycles. The van der Waals surface area contributed by atoms with Crippen molar-refractivity contribution in [1.29, 1.82) is 5.26 Å². The van der Waals surface area contributed by atoms with E-state index in [-0.39, 0.29) is 12.2 Å². The number of anilines is 1. The summed E-state index contributed by atoms with van der Waals surface area (Å²) >= 11 is 1.36. The van der Waals surface area contributed by atoms with Gasteiger partial charge in [-0.15, -0.1) is 11.3 Å². The molecule has 0 spiro atoms. The molecular formula is C21H19FN2O3S. The smallest absolute Gasteiger partial charge is 0.341 e. The molecule has 1 aliphatic carbocycles. The van der Waals surface area contributed by atoms with E-state index in [0.29, 0.717) is 16.1 Å². The first-order valence-corrected chi connectivity index (χ1v) is 9.85. The zero-order valence-electron chi connectivity index (χ0n) is 15.4. The van der Waals surface area contributed by atoms with Crippen molar-refractivity contribution < 1.29 is 18.7 Å². The molecule has 1 aromatic carbocycles. The third kappa shape index (κ3) is 4.29. The van der Waals surface area contributed by atoms with Crippen molar-refractivity contribution in [3.8, 4) is 6.07 Å². The lowest BCUT2D eigenvalue weighted by atomic mass is 9.95. The van der Waals surface area contributed by atoms with Gasteiger partial charge in [0.25, 0.3) is 5.91 Å². The van der Waals surface area contributed by atoms with Crippen LogP contribution in [0.15, 0.2) is 29.8 Å². The number of aryl methyl sites for hydroxylation is 1. The van der Waals surface area contributed by atoms with Crippen LogP contribution in [0.5, 0.6) is 0 Å². The molecule has 28 heavy (non-hydrogen) atoms. The van der Waals surface area contributed by atoms with Crippen LogP contribution < -0.4 is 5.32 Å². The fourth-order valence-electron chi connectivity index (χ4n) is 3.12. The number of fused-ring (bicyclic) bond motifs is 1. The summed E-state index contributed by atoms with van der Waals surface area (Å²) in [5, 5.41) is 12.5. The van der Waals surface area contributed by atoms with E-state index in [0.717, 1.165) is 36.1 Å². The number of carbonyl (C=O) groups excluding carboxylic acids is 2. The number of carbonyl (C=O) groups is 2. The third-order valence-electron chi connectivity index (χ3n) is 4.42. The first kappa shape index (κ1) is 19.8. The summed E-state index contributed by atoms with van der Waals surface area (Å²) in [5.41, 5.74) is 1.73. The predicted molar refractivity (Wildman–Crippen MR) is 106 cm³/mol. The van der Waals surface area contributed by atoms with Crippen LogP contribution in [0.25, 0.3) is 6.08 Å². The summed E-state index contributed by atoms with van der Waals surface area (Å²) < 4.78 is 18.2. The number of hydrogen-bond acceptors (Lipinski definition) is 5. The van der Waals surface area contributed by atoms with E-state index in [1.807, 2.05) is 6.07 Å². The Morgan fingerprint density at radius 3 is 2.68 bits per heavy atom. The Hall–Kier alpha value is -2.98. The Labute approximate surface area is 166 Å². The minimum absolute atomic E-state index is 0.132. The molecule has 5 nitrogen and oxygen atoms in total. The molecule has 7 heteroatoms. The first-order chi connectivity index (χ1) is 13.5. The van der Waals surface area contributed by atoms with Gasteiger partial charge in [0.15, 0.2) is 0 Å².